The monoisotopic (exact) mass is 249 g/mol. The van der Waals surface area contributed by atoms with E-state index in [2.05, 4.69) is 57.6 Å². The second kappa shape index (κ2) is 12.2. The highest BCUT2D eigenvalue weighted by atomic mass is 15.1. The van der Waals surface area contributed by atoms with Crippen molar-refractivity contribution in [3.05, 3.63) is 42.0 Å². The summed E-state index contributed by atoms with van der Waals surface area (Å²) < 4.78 is 0. The fraction of sp³-hybridized carbons (Fsp3) is 0.529. The number of hydrogen-bond acceptors (Lipinski definition) is 1. The molecule has 104 valence electrons. The molecule has 18 heavy (non-hydrogen) atoms. The van der Waals surface area contributed by atoms with Gasteiger partial charge < -0.3 is 4.90 Å². The van der Waals surface area contributed by atoms with Gasteiger partial charge in [0.1, 0.15) is 0 Å². The Kier molecular flexibility index (Phi) is 13.0. The van der Waals surface area contributed by atoms with Crippen molar-refractivity contribution < 1.29 is 0 Å². The third-order valence-electron chi connectivity index (χ3n) is 2.41. The van der Waals surface area contributed by atoms with Crippen molar-refractivity contribution >= 4 is 5.69 Å². The fourth-order valence-electron chi connectivity index (χ4n) is 1.79. The number of para-hydroxylation sites is 1. The quantitative estimate of drug-likeness (QED) is 0.674. The van der Waals surface area contributed by atoms with Gasteiger partial charge in [-0.25, -0.2) is 0 Å². The van der Waals surface area contributed by atoms with Crippen LogP contribution in [-0.2, 0) is 12.8 Å². The van der Waals surface area contributed by atoms with E-state index in [0.29, 0.717) is 0 Å². The van der Waals surface area contributed by atoms with Crippen LogP contribution in [0, 0.1) is 0 Å². The topological polar surface area (TPSA) is 3.24 Å². The summed E-state index contributed by atoms with van der Waals surface area (Å²) in [6.07, 6.45) is 3.97. The number of allylic oxidation sites excluding steroid dienone is 1. The van der Waals surface area contributed by atoms with Crippen LogP contribution in [0.3, 0.4) is 0 Å². The van der Waals surface area contributed by atoms with Crippen LogP contribution in [0.15, 0.2) is 30.9 Å². The van der Waals surface area contributed by atoms with Crippen LogP contribution >= 0.6 is 0 Å². The minimum atomic E-state index is 1.11. The van der Waals surface area contributed by atoms with Crippen molar-refractivity contribution in [3.63, 3.8) is 0 Å². The van der Waals surface area contributed by atoms with Gasteiger partial charge in [-0.05, 0) is 30.9 Å². The first kappa shape index (κ1) is 19.1. The Morgan fingerprint density at radius 3 is 1.61 bits per heavy atom. The molecule has 0 aliphatic rings. The molecule has 0 unspecified atom stereocenters. The first-order valence-electron chi connectivity index (χ1n) is 6.97. The van der Waals surface area contributed by atoms with Crippen LogP contribution in [0.4, 0.5) is 5.69 Å². The lowest BCUT2D eigenvalue weighted by atomic mass is 10.0. The van der Waals surface area contributed by atoms with Crippen molar-refractivity contribution in [2.24, 2.45) is 0 Å². The number of benzene rings is 1. The molecule has 0 aliphatic heterocycles. The zero-order chi connectivity index (χ0) is 14.6. The van der Waals surface area contributed by atoms with Gasteiger partial charge in [0.15, 0.2) is 0 Å². The van der Waals surface area contributed by atoms with Crippen molar-refractivity contribution in [2.45, 2.75) is 47.5 Å². The zero-order valence-corrected chi connectivity index (χ0v) is 13.4. The lowest BCUT2D eigenvalue weighted by Gasteiger charge is -2.20. The van der Waals surface area contributed by atoms with Gasteiger partial charge in [-0.15, -0.1) is 6.58 Å². The summed E-state index contributed by atoms with van der Waals surface area (Å²) in [5.41, 5.74) is 4.31. The minimum Gasteiger partial charge on any atom is -0.377 e. The molecule has 1 heteroatoms. The van der Waals surface area contributed by atoms with Crippen LogP contribution in [0.1, 0.15) is 45.7 Å². The molecule has 0 aliphatic carbocycles. The molecule has 1 rings (SSSR count). The molecule has 0 radical (unpaired) electrons. The van der Waals surface area contributed by atoms with Gasteiger partial charge in [-0.2, -0.15) is 0 Å². The Hall–Kier alpha value is -1.24. The first-order valence-corrected chi connectivity index (χ1v) is 6.97. The zero-order valence-electron chi connectivity index (χ0n) is 13.4. The molecule has 1 aromatic rings. The molecule has 0 fully saturated rings. The highest BCUT2D eigenvalue weighted by Crippen LogP contribution is 2.24. The second-order valence-corrected chi connectivity index (χ2v) is 3.93. The Bertz CT molecular complexity index is 291. The normalized spacial score (nSPS) is 8.39. The van der Waals surface area contributed by atoms with Crippen LogP contribution in [0.2, 0.25) is 0 Å². The average Bonchev–Trinajstić information content (AvgIpc) is 2.40. The maximum absolute atomic E-state index is 3.36. The van der Waals surface area contributed by atoms with Crippen LogP contribution in [-0.4, -0.2) is 14.1 Å². The number of hydrogen-bond donors (Lipinski definition) is 0. The van der Waals surface area contributed by atoms with E-state index in [4.69, 9.17) is 0 Å². The minimum absolute atomic E-state index is 1.11. The highest BCUT2D eigenvalue weighted by molar-refractivity contribution is 5.58. The molecular weight excluding hydrogens is 218 g/mol. The summed E-state index contributed by atoms with van der Waals surface area (Å²) in [5.74, 6) is 0. The molecule has 0 amide bonds. The maximum atomic E-state index is 3.36. The summed E-state index contributed by atoms with van der Waals surface area (Å²) >= 11 is 0. The van der Waals surface area contributed by atoms with E-state index >= 15 is 0 Å². The van der Waals surface area contributed by atoms with E-state index in [1.165, 1.54) is 16.8 Å². The molecule has 0 saturated carbocycles. The van der Waals surface area contributed by atoms with Gasteiger partial charge in [0.25, 0.3) is 0 Å². The Labute approximate surface area is 115 Å². The van der Waals surface area contributed by atoms with E-state index in [0.717, 1.165) is 12.8 Å². The van der Waals surface area contributed by atoms with Crippen LogP contribution in [0.25, 0.3) is 0 Å². The fourth-order valence-corrected chi connectivity index (χ4v) is 1.79. The number of anilines is 1. The van der Waals surface area contributed by atoms with E-state index in [1.54, 1.807) is 6.08 Å². The van der Waals surface area contributed by atoms with E-state index in [-0.39, 0.29) is 0 Å². The summed E-state index contributed by atoms with van der Waals surface area (Å²) in [5, 5.41) is 0. The summed E-state index contributed by atoms with van der Waals surface area (Å²) in [6, 6.07) is 6.59. The Balaban J connectivity index is 0. The third kappa shape index (κ3) is 6.48. The molecule has 0 bridgehead atoms. The molecule has 0 heterocycles. The highest BCUT2D eigenvalue weighted by Gasteiger charge is 2.06. The second-order valence-electron chi connectivity index (χ2n) is 3.93. The Morgan fingerprint density at radius 1 is 1.06 bits per heavy atom. The standard InChI is InChI=1S/C12H19N.C3H6.C2H6/c1-5-10-8-7-9-11(6-2)12(10)13(3)4;1-3-2;1-2/h7-9H,5-6H2,1-4H3;3H,1H2,2H3;1-2H3. The average molecular weight is 249 g/mol. The molecule has 0 atom stereocenters. The van der Waals surface area contributed by atoms with Crippen LogP contribution < -0.4 is 4.90 Å². The van der Waals surface area contributed by atoms with Crippen molar-refractivity contribution in [2.75, 3.05) is 19.0 Å². The van der Waals surface area contributed by atoms with Gasteiger partial charge in [0, 0.05) is 19.8 Å². The predicted octanol–water partition coefficient (Wildman–Crippen LogP) is 5.10. The maximum Gasteiger partial charge on any atom is 0.0425 e. The van der Waals surface area contributed by atoms with Gasteiger partial charge in [-0.3, -0.25) is 0 Å². The molecule has 0 spiro atoms. The largest absolute Gasteiger partial charge is 0.377 e. The van der Waals surface area contributed by atoms with Gasteiger partial charge in [0.2, 0.25) is 0 Å². The van der Waals surface area contributed by atoms with Crippen molar-refractivity contribution in [1.82, 2.24) is 0 Å². The molecule has 1 nitrogen and oxygen atoms in total. The number of nitrogens with zero attached hydrogens (tertiary/aromatic N) is 1. The molecular formula is C17H31N. The SMILES string of the molecule is C=CC.CC.CCc1cccc(CC)c1N(C)C. The lowest BCUT2D eigenvalue weighted by molar-refractivity contribution is 1.01. The number of rotatable bonds is 3. The number of aryl methyl sites for hydroxylation is 2. The van der Waals surface area contributed by atoms with E-state index < -0.39 is 0 Å². The van der Waals surface area contributed by atoms with E-state index in [9.17, 15) is 0 Å². The van der Waals surface area contributed by atoms with Gasteiger partial charge in [-0.1, -0.05) is 52.0 Å². The van der Waals surface area contributed by atoms with Gasteiger partial charge in [0.05, 0.1) is 0 Å². The summed E-state index contributed by atoms with van der Waals surface area (Å²) in [6.45, 7) is 13.7. The van der Waals surface area contributed by atoms with Gasteiger partial charge >= 0.3 is 0 Å². The van der Waals surface area contributed by atoms with E-state index in [1.807, 2.05) is 20.8 Å². The Morgan fingerprint density at radius 2 is 1.39 bits per heavy atom. The lowest BCUT2D eigenvalue weighted by Crippen LogP contribution is -2.13. The third-order valence-corrected chi connectivity index (χ3v) is 2.41. The first-order chi connectivity index (χ1) is 8.62. The molecule has 1 aromatic carbocycles. The van der Waals surface area contributed by atoms with Crippen LogP contribution in [0.5, 0.6) is 0 Å². The smallest absolute Gasteiger partial charge is 0.0425 e. The molecule has 0 N–H and O–H groups in total. The molecule has 0 aromatic heterocycles. The van der Waals surface area contributed by atoms with Crippen molar-refractivity contribution in [3.8, 4) is 0 Å². The van der Waals surface area contributed by atoms with Crippen molar-refractivity contribution in [1.29, 1.82) is 0 Å². The summed E-state index contributed by atoms with van der Waals surface area (Å²) in [7, 11) is 4.24. The summed E-state index contributed by atoms with van der Waals surface area (Å²) in [4.78, 5) is 2.22. The molecule has 0 saturated heterocycles. The predicted molar refractivity (Wildman–Crippen MR) is 86.7 cm³/mol.